The molecule has 10 heteroatoms. The van der Waals surface area contributed by atoms with E-state index in [0.29, 0.717) is 35.8 Å². The maximum atomic E-state index is 14.7. The van der Waals surface area contributed by atoms with Crippen LogP contribution in [0.1, 0.15) is 47.3 Å². The fourth-order valence-corrected chi connectivity index (χ4v) is 5.67. The van der Waals surface area contributed by atoms with Crippen LogP contribution in [0.4, 0.5) is 20.4 Å². The van der Waals surface area contributed by atoms with E-state index in [9.17, 15) is 18.7 Å². The average molecular weight is 479 g/mol. The summed E-state index contributed by atoms with van der Waals surface area (Å²) in [7, 11) is 0. The van der Waals surface area contributed by atoms with Crippen molar-refractivity contribution in [3.05, 3.63) is 59.4 Å². The second kappa shape index (κ2) is 7.59. The highest BCUT2D eigenvalue weighted by atomic mass is 19.3. The molecule has 6 rings (SSSR count). The number of rotatable bonds is 5. The van der Waals surface area contributed by atoms with Crippen molar-refractivity contribution in [2.45, 2.75) is 44.7 Å². The van der Waals surface area contributed by atoms with Crippen LogP contribution in [0.5, 0.6) is 0 Å². The summed E-state index contributed by atoms with van der Waals surface area (Å²) in [6.45, 7) is 4.41. The molecule has 8 nitrogen and oxygen atoms in total. The van der Waals surface area contributed by atoms with Crippen LogP contribution in [0.15, 0.2) is 42.7 Å². The number of nitrogens with one attached hydrogen (secondary N) is 1. The lowest BCUT2D eigenvalue weighted by atomic mass is 10.0. The second-order valence-electron chi connectivity index (χ2n) is 9.64. The molecule has 0 amide bonds. The third-order valence-corrected chi connectivity index (χ3v) is 7.19. The van der Waals surface area contributed by atoms with Gasteiger partial charge in [0.05, 0.1) is 23.2 Å². The van der Waals surface area contributed by atoms with Gasteiger partial charge in [0.1, 0.15) is 6.33 Å². The largest absolute Gasteiger partial charge is 0.478 e. The van der Waals surface area contributed by atoms with E-state index >= 15 is 0 Å². The molecule has 180 valence electrons. The summed E-state index contributed by atoms with van der Waals surface area (Å²) < 4.78 is 31.0. The van der Waals surface area contributed by atoms with Gasteiger partial charge in [-0.05, 0) is 49.9 Å². The van der Waals surface area contributed by atoms with Crippen LogP contribution in [0.2, 0.25) is 0 Å². The van der Waals surface area contributed by atoms with Gasteiger partial charge in [-0.3, -0.25) is 4.40 Å². The van der Waals surface area contributed by atoms with Gasteiger partial charge in [0.25, 0.3) is 5.92 Å². The Morgan fingerprint density at radius 3 is 2.83 bits per heavy atom. The third-order valence-electron chi connectivity index (χ3n) is 7.19. The highest BCUT2D eigenvalue weighted by Gasteiger charge is 2.57. The van der Waals surface area contributed by atoms with Crippen molar-refractivity contribution in [2.24, 2.45) is 5.92 Å². The summed E-state index contributed by atoms with van der Waals surface area (Å²) in [4.78, 5) is 18.3. The van der Waals surface area contributed by atoms with E-state index < -0.39 is 17.9 Å². The molecule has 2 N–H and O–H groups in total. The number of hydrogen-bond donors (Lipinski definition) is 2. The monoisotopic (exact) mass is 478 g/mol. The molecule has 1 aliphatic carbocycles. The summed E-state index contributed by atoms with van der Waals surface area (Å²) in [5.41, 5.74) is 3.63. The molecule has 0 radical (unpaired) electrons. The molecule has 3 heterocycles. The molecule has 3 atom stereocenters. The van der Waals surface area contributed by atoms with Gasteiger partial charge in [0.2, 0.25) is 5.95 Å². The van der Waals surface area contributed by atoms with E-state index in [1.54, 1.807) is 33.6 Å². The zero-order chi connectivity index (χ0) is 24.5. The number of fused-ring (bicyclic) bond motifs is 5. The van der Waals surface area contributed by atoms with Crippen LogP contribution in [0.3, 0.4) is 0 Å². The minimum atomic E-state index is -2.76. The van der Waals surface area contributed by atoms with Gasteiger partial charge in [0.15, 0.2) is 5.65 Å². The molecule has 1 saturated carbocycles. The van der Waals surface area contributed by atoms with E-state index in [1.807, 2.05) is 26.0 Å². The van der Waals surface area contributed by atoms with Crippen molar-refractivity contribution < 1.29 is 18.7 Å². The Labute approximate surface area is 199 Å². The molecule has 4 aromatic rings. The van der Waals surface area contributed by atoms with Crippen molar-refractivity contribution in [3.63, 3.8) is 0 Å². The SMILES string of the molecule is Cc1cc([C@@H](C)Nc2ccccc2C(=O)O)c2nc(N3C[C@H]4C[C@@H]3C(F)(F)C4)n3cnnc3c2c1. The number of para-hydroxylation sites is 1. The molecule has 2 aromatic carbocycles. The number of carbonyl (C=O) groups is 1. The van der Waals surface area contributed by atoms with Gasteiger partial charge in [0, 0.05) is 29.6 Å². The zero-order valence-corrected chi connectivity index (χ0v) is 19.2. The van der Waals surface area contributed by atoms with Crippen LogP contribution < -0.4 is 10.2 Å². The number of halogens is 2. The lowest BCUT2D eigenvalue weighted by Crippen LogP contribution is -2.46. The fraction of sp³-hybridized carbons (Fsp3) is 0.360. The summed E-state index contributed by atoms with van der Waals surface area (Å²) in [5, 5.41) is 22.0. The number of hydrogen-bond acceptors (Lipinski definition) is 6. The normalized spacial score (nSPS) is 21.7. The first-order valence-electron chi connectivity index (χ1n) is 11.6. The highest BCUT2D eigenvalue weighted by molar-refractivity contribution is 5.96. The first-order valence-corrected chi connectivity index (χ1v) is 11.6. The number of piperidine rings is 1. The summed E-state index contributed by atoms with van der Waals surface area (Å²) in [6, 6.07) is 9.45. The van der Waals surface area contributed by atoms with Gasteiger partial charge in [-0.1, -0.05) is 18.2 Å². The maximum Gasteiger partial charge on any atom is 0.337 e. The Morgan fingerprint density at radius 2 is 2.09 bits per heavy atom. The lowest BCUT2D eigenvalue weighted by Gasteiger charge is -2.34. The van der Waals surface area contributed by atoms with Gasteiger partial charge in [-0.2, -0.15) is 0 Å². The fourth-order valence-electron chi connectivity index (χ4n) is 5.67. The number of carboxylic acids is 1. The van der Waals surface area contributed by atoms with Crippen molar-refractivity contribution in [3.8, 4) is 0 Å². The van der Waals surface area contributed by atoms with Crippen LogP contribution in [-0.2, 0) is 0 Å². The Morgan fingerprint density at radius 1 is 1.29 bits per heavy atom. The number of aryl methyl sites for hydroxylation is 1. The molecule has 2 aromatic heterocycles. The molecule has 2 fully saturated rings. The number of alkyl halides is 2. The third kappa shape index (κ3) is 3.38. The number of aromatic nitrogens is 4. The Kier molecular flexibility index (Phi) is 4.71. The van der Waals surface area contributed by atoms with Crippen LogP contribution in [0, 0.1) is 12.8 Å². The highest BCUT2D eigenvalue weighted by Crippen LogP contribution is 2.49. The maximum absolute atomic E-state index is 14.7. The van der Waals surface area contributed by atoms with Gasteiger partial charge >= 0.3 is 5.97 Å². The van der Waals surface area contributed by atoms with Gasteiger partial charge in [-0.15, -0.1) is 10.2 Å². The van der Waals surface area contributed by atoms with Crippen LogP contribution >= 0.6 is 0 Å². The molecule has 35 heavy (non-hydrogen) atoms. The van der Waals surface area contributed by atoms with Crippen molar-refractivity contribution in [1.29, 1.82) is 0 Å². The van der Waals surface area contributed by atoms with E-state index in [4.69, 9.17) is 4.98 Å². The Bertz CT molecular complexity index is 1490. The van der Waals surface area contributed by atoms with E-state index in [-0.39, 0.29) is 23.9 Å². The summed E-state index contributed by atoms with van der Waals surface area (Å²) >= 11 is 0. The topological polar surface area (TPSA) is 95.6 Å². The summed E-state index contributed by atoms with van der Waals surface area (Å²) in [6.07, 6.45) is 1.89. The quantitative estimate of drug-likeness (QED) is 0.430. The Hall–Kier alpha value is -3.82. The van der Waals surface area contributed by atoms with Crippen LogP contribution in [0.25, 0.3) is 16.6 Å². The predicted octanol–water partition coefficient (Wildman–Crippen LogP) is 4.69. The van der Waals surface area contributed by atoms with Gasteiger partial charge < -0.3 is 15.3 Å². The number of nitrogens with zero attached hydrogens (tertiary/aromatic N) is 5. The molecule has 2 bridgehead atoms. The predicted molar refractivity (Wildman–Crippen MR) is 127 cm³/mol. The molecule has 2 aliphatic rings. The minimum Gasteiger partial charge on any atom is -0.478 e. The molecule has 0 spiro atoms. The van der Waals surface area contributed by atoms with E-state index in [2.05, 4.69) is 15.5 Å². The summed E-state index contributed by atoms with van der Waals surface area (Å²) in [5.74, 6) is -3.44. The molecule has 0 unspecified atom stereocenters. The number of benzene rings is 2. The smallest absolute Gasteiger partial charge is 0.337 e. The minimum absolute atomic E-state index is 0.0652. The van der Waals surface area contributed by atoms with Crippen molar-refractivity contribution >= 4 is 34.2 Å². The van der Waals surface area contributed by atoms with E-state index in [1.165, 1.54) is 6.33 Å². The standard InChI is InChI=1S/C25H24F2N6O2/c1-13-7-17(14(2)29-19-6-4-3-5-16(19)23(34)35)21-18(8-13)22-31-28-12-33(22)24(30-21)32-11-15-9-20(32)25(26,27)10-15/h3-8,12,14-15,20,29H,9-11H2,1-2H3,(H,34,35)/t14-,15+,20-/m1/s1. The van der Waals surface area contributed by atoms with Crippen molar-refractivity contribution in [2.75, 3.05) is 16.8 Å². The number of carboxylic acid groups (broad SMARTS) is 1. The second-order valence-corrected chi connectivity index (χ2v) is 9.64. The molecular formula is C25H24F2N6O2. The molecule has 1 saturated heterocycles. The first kappa shape index (κ1) is 21.7. The number of anilines is 2. The first-order chi connectivity index (χ1) is 16.7. The van der Waals surface area contributed by atoms with E-state index in [0.717, 1.165) is 16.5 Å². The van der Waals surface area contributed by atoms with Gasteiger partial charge in [-0.25, -0.2) is 18.6 Å². The average Bonchev–Trinajstić information content (AvgIpc) is 3.52. The molecular weight excluding hydrogens is 454 g/mol. The number of aromatic carboxylic acids is 1. The van der Waals surface area contributed by atoms with Crippen molar-refractivity contribution in [1.82, 2.24) is 19.6 Å². The molecule has 1 aliphatic heterocycles. The van der Waals surface area contributed by atoms with Crippen LogP contribution in [-0.4, -0.2) is 49.2 Å². The zero-order valence-electron chi connectivity index (χ0n) is 19.2. The lowest BCUT2D eigenvalue weighted by molar-refractivity contribution is -0.0209. The Balaban J connectivity index is 1.50.